The van der Waals surface area contributed by atoms with E-state index in [0.717, 1.165) is 49.3 Å². The lowest BCUT2D eigenvalue weighted by Crippen LogP contribution is -2.39. The lowest BCUT2D eigenvalue weighted by atomic mass is 10.2. The third-order valence-corrected chi connectivity index (χ3v) is 4.01. The summed E-state index contributed by atoms with van der Waals surface area (Å²) in [5.74, 6) is 1.75. The number of aromatic nitrogens is 2. The molecule has 0 saturated carbocycles. The van der Waals surface area contributed by atoms with Crippen molar-refractivity contribution in [1.82, 2.24) is 20.6 Å². The Labute approximate surface area is 171 Å². The van der Waals surface area contributed by atoms with Gasteiger partial charge in [-0.25, -0.2) is 4.98 Å². The second kappa shape index (κ2) is 10.9. The third-order valence-electron chi connectivity index (χ3n) is 4.01. The quantitative estimate of drug-likeness (QED) is 0.396. The van der Waals surface area contributed by atoms with Crippen molar-refractivity contribution in [3.8, 4) is 0 Å². The Morgan fingerprint density at radius 3 is 2.58 bits per heavy atom. The van der Waals surface area contributed by atoms with Gasteiger partial charge < -0.3 is 20.3 Å². The van der Waals surface area contributed by atoms with Gasteiger partial charge in [-0.3, -0.25) is 9.98 Å². The van der Waals surface area contributed by atoms with Crippen LogP contribution in [0.3, 0.4) is 0 Å². The van der Waals surface area contributed by atoms with E-state index in [4.69, 9.17) is 4.74 Å². The highest BCUT2D eigenvalue weighted by Crippen LogP contribution is 2.18. The minimum atomic E-state index is 0. The van der Waals surface area contributed by atoms with Crippen LogP contribution in [0.1, 0.15) is 11.3 Å². The first-order valence-electron chi connectivity index (χ1n) is 8.48. The van der Waals surface area contributed by atoms with E-state index >= 15 is 0 Å². The number of hydrogen-bond acceptors (Lipinski definition) is 5. The number of anilines is 1. The van der Waals surface area contributed by atoms with E-state index in [1.165, 1.54) is 0 Å². The highest BCUT2D eigenvalue weighted by Gasteiger charge is 2.15. The molecule has 0 spiro atoms. The molecule has 0 amide bonds. The molecule has 3 rings (SSSR count). The minimum absolute atomic E-state index is 0. The number of aliphatic imine (C=N–C) groups is 1. The fraction of sp³-hybridized carbons (Fsp3) is 0.389. The Hall–Kier alpha value is -1.94. The molecule has 0 aromatic carbocycles. The van der Waals surface area contributed by atoms with Gasteiger partial charge in [-0.1, -0.05) is 12.1 Å². The van der Waals surface area contributed by atoms with Crippen molar-refractivity contribution in [2.24, 2.45) is 4.99 Å². The first kappa shape index (κ1) is 20.4. The Kier molecular flexibility index (Phi) is 8.56. The molecule has 8 heteroatoms. The second-order valence-electron chi connectivity index (χ2n) is 5.69. The van der Waals surface area contributed by atoms with Gasteiger partial charge >= 0.3 is 0 Å². The van der Waals surface area contributed by atoms with Crippen LogP contribution in [0, 0.1) is 0 Å². The molecule has 0 radical (unpaired) electrons. The molecule has 26 heavy (non-hydrogen) atoms. The largest absolute Gasteiger partial charge is 0.378 e. The molecule has 1 aliphatic heterocycles. The number of nitrogens with one attached hydrogen (secondary N) is 2. The number of nitrogens with zero attached hydrogens (tertiary/aromatic N) is 4. The summed E-state index contributed by atoms with van der Waals surface area (Å²) in [6, 6.07) is 9.93. The maximum atomic E-state index is 5.43. The van der Waals surface area contributed by atoms with Gasteiger partial charge in [-0.15, -0.1) is 24.0 Å². The van der Waals surface area contributed by atoms with Gasteiger partial charge in [0.2, 0.25) is 0 Å². The Balaban J connectivity index is 0.00000243. The van der Waals surface area contributed by atoms with Crippen molar-refractivity contribution in [2.75, 3.05) is 38.3 Å². The van der Waals surface area contributed by atoms with Crippen molar-refractivity contribution < 1.29 is 4.74 Å². The molecule has 140 valence electrons. The zero-order valence-electron chi connectivity index (χ0n) is 14.9. The maximum Gasteiger partial charge on any atom is 0.191 e. The Morgan fingerprint density at radius 2 is 1.85 bits per heavy atom. The predicted molar refractivity (Wildman–Crippen MR) is 114 cm³/mol. The number of halogens is 1. The van der Waals surface area contributed by atoms with Crippen molar-refractivity contribution in [1.29, 1.82) is 0 Å². The normalized spacial score (nSPS) is 14.5. The van der Waals surface area contributed by atoms with Gasteiger partial charge in [-0.05, 0) is 18.2 Å². The van der Waals surface area contributed by atoms with E-state index in [1.807, 2.05) is 30.5 Å². The lowest BCUT2D eigenvalue weighted by Gasteiger charge is -2.29. The van der Waals surface area contributed by atoms with Crippen LogP contribution in [-0.4, -0.2) is 49.3 Å². The van der Waals surface area contributed by atoms with Crippen LogP contribution in [0.25, 0.3) is 0 Å². The van der Waals surface area contributed by atoms with E-state index in [0.29, 0.717) is 13.1 Å². The van der Waals surface area contributed by atoms with Crippen molar-refractivity contribution in [3.63, 3.8) is 0 Å². The summed E-state index contributed by atoms with van der Waals surface area (Å²) in [5.41, 5.74) is 2.12. The molecular weight excluding hydrogens is 443 g/mol. The van der Waals surface area contributed by atoms with Crippen LogP contribution in [0.5, 0.6) is 0 Å². The van der Waals surface area contributed by atoms with Crippen LogP contribution >= 0.6 is 24.0 Å². The Morgan fingerprint density at radius 1 is 1.08 bits per heavy atom. The average molecular weight is 468 g/mol. The van der Waals surface area contributed by atoms with Crippen molar-refractivity contribution in [2.45, 2.75) is 13.1 Å². The summed E-state index contributed by atoms with van der Waals surface area (Å²) in [4.78, 5) is 15.4. The fourth-order valence-corrected chi connectivity index (χ4v) is 2.70. The van der Waals surface area contributed by atoms with Gasteiger partial charge in [0, 0.05) is 44.6 Å². The van der Waals surface area contributed by atoms with Crippen molar-refractivity contribution >= 4 is 35.8 Å². The molecule has 2 aromatic rings. The summed E-state index contributed by atoms with van der Waals surface area (Å²) >= 11 is 0. The zero-order chi connectivity index (χ0) is 17.3. The highest BCUT2D eigenvalue weighted by molar-refractivity contribution is 14.0. The van der Waals surface area contributed by atoms with E-state index in [-0.39, 0.29) is 24.0 Å². The van der Waals surface area contributed by atoms with Crippen LogP contribution in [-0.2, 0) is 17.8 Å². The number of hydrogen-bond donors (Lipinski definition) is 2. The van der Waals surface area contributed by atoms with Crippen LogP contribution < -0.4 is 15.5 Å². The Bertz CT molecular complexity index is 691. The van der Waals surface area contributed by atoms with Gasteiger partial charge in [0.1, 0.15) is 5.82 Å². The third kappa shape index (κ3) is 5.80. The molecular formula is C18H25IN6O. The second-order valence-corrected chi connectivity index (χ2v) is 5.69. The van der Waals surface area contributed by atoms with Crippen LogP contribution in [0.2, 0.25) is 0 Å². The molecule has 2 N–H and O–H groups in total. The van der Waals surface area contributed by atoms with Crippen LogP contribution in [0.4, 0.5) is 5.82 Å². The number of pyridine rings is 2. The number of rotatable bonds is 5. The van der Waals surface area contributed by atoms with E-state index < -0.39 is 0 Å². The van der Waals surface area contributed by atoms with Crippen LogP contribution in [0.15, 0.2) is 47.7 Å². The fourth-order valence-electron chi connectivity index (χ4n) is 2.70. The molecule has 3 heterocycles. The summed E-state index contributed by atoms with van der Waals surface area (Å²) in [6.45, 7) is 4.52. The summed E-state index contributed by atoms with van der Waals surface area (Å²) in [6.07, 6.45) is 3.62. The number of ether oxygens (including phenoxy) is 1. The SMILES string of the molecule is CN=C(NCc1ccccn1)NCc1cccnc1N1CCOCC1.I. The summed E-state index contributed by atoms with van der Waals surface area (Å²) < 4.78 is 5.43. The number of morpholine rings is 1. The molecule has 0 unspecified atom stereocenters. The highest BCUT2D eigenvalue weighted by atomic mass is 127. The van der Waals surface area contributed by atoms with E-state index in [1.54, 1.807) is 13.2 Å². The molecule has 1 saturated heterocycles. The maximum absolute atomic E-state index is 5.43. The van der Waals surface area contributed by atoms with Gasteiger partial charge in [0.25, 0.3) is 0 Å². The topological polar surface area (TPSA) is 74.7 Å². The first-order valence-corrected chi connectivity index (χ1v) is 8.48. The lowest BCUT2D eigenvalue weighted by molar-refractivity contribution is 0.122. The molecule has 1 fully saturated rings. The molecule has 2 aromatic heterocycles. The number of guanidine groups is 1. The molecule has 1 aliphatic rings. The molecule has 0 bridgehead atoms. The molecule has 0 aliphatic carbocycles. The molecule has 0 atom stereocenters. The summed E-state index contributed by atoms with van der Waals surface area (Å²) in [5, 5.41) is 6.63. The smallest absolute Gasteiger partial charge is 0.191 e. The minimum Gasteiger partial charge on any atom is -0.378 e. The first-order chi connectivity index (χ1) is 12.4. The molecule has 7 nitrogen and oxygen atoms in total. The van der Waals surface area contributed by atoms with Gasteiger partial charge in [-0.2, -0.15) is 0 Å². The predicted octanol–water partition coefficient (Wildman–Crippen LogP) is 1.80. The van der Waals surface area contributed by atoms with E-state index in [2.05, 4.69) is 36.6 Å². The zero-order valence-corrected chi connectivity index (χ0v) is 17.2. The average Bonchev–Trinajstić information content (AvgIpc) is 2.70. The summed E-state index contributed by atoms with van der Waals surface area (Å²) in [7, 11) is 1.76. The van der Waals surface area contributed by atoms with Gasteiger partial charge in [0.15, 0.2) is 5.96 Å². The van der Waals surface area contributed by atoms with Crippen molar-refractivity contribution in [3.05, 3.63) is 54.0 Å². The standard InChI is InChI=1S/C18H24N6O.HI/c1-19-18(23-14-16-6-2-3-7-20-16)22-13-15-5-4-8-21-17(15)24-9-11-25-12-10-24;/h2-8H,9-14H2,1H3,(H2,19,22,23);1H. The van der Waals surface area contributed by atoms with E-state index in [9.17, 15) is 0 Å². The monoisotopic (exact) mass is 468 g/mol. The van der Waals surface area contributed by atoms with Gasteiger partial charge in [0.05, 0.1) is 25.5 Å².